The van der Waals surface area contributed by atoms with Crippen molar-refractivity contribution in [2.24, 2.45) is 0 Å². The molecular weight excluding hydrogens is 286 g/mol. The Morgan fingerprint density at radius 2 is 1.43 bits per heavy atom. The molecule has 3 rings (SSSR count). The van der Waals surface area contributed by atoms with Crippen LogP contribution in [0.4, 0.5) is 0 Å². The minimum absolute atomic E-state index is 0.423. The molecule has 0 unspecified atom stereocenters. The van der Waals surface area contributed by atoms with Crippen LogP contribution in [0.1, 0.15) is 34.6 Å². The number of benzene rings is 2. The van der Waals surface area contributed by atoms with Crippen LogP contribution in [0.25, 0.3) is 0 Å². The summed E-state index contributed by atoms with van der Waals surface area (Å²) in [7, 11) is 5.48. The normalized spacial score (nSPS) is 13.9. The second-order valence-corrected chi connectivity index (χ2v) is 6.07. The number of ether oxygens (including phenoxy) is 2. The Labute approximate surface area is 138 Å². The van der Waals surface area contributed by atoms with Crippen LogP contribution in [0.2, 0.25) is 0 Å². The van der Waals surface area contributed by atoms with Crippen molar-refractivity contribution in [3.8, 4) is 11.5 Å². The Kier molecular flexibility index (Phi) is 4.87. The molecule has 23 heavy (non-hydrogen) atoms. The predicted octanol–water partition coefficient (Wildman–Crippen LogP) is 3.54. The Bertz CT molecular complexity index is 626. The van der Waals surface area contributed by atoms with Gasteiger partial charge in [0.2, 0.25) is 0 Å². The van der Waals surface area contributed by atoms with E-state index in [4.69, 9.17) is 9.47 Å². The van der Waals surface area contributed by atoms with E-state index in [0.717, 1.165) is 37.3 Å². The summed E-state index contributed by atoms with van der Waals surface area (Å²) >= 11 is 0. The van der Waals surface area contributed by atoms with Gasteiger partial charge in [0.15, 0.2) is 0 Å². The van der Waals surface area contributed by atoms with Crippen molar-refractivity contribution in [2.75, 3.05) is 27.8 Å². The number of hydrogen-bond donors (Lipinski definition) is 1. The third kappa shape index (κ3) is 3.20. The van der Waals surface area contributed by atoms with Gasteiger partial charge in [-0.05, 0) is 79.4 Å². The van der Waals surface area contributed by atoms with E-state index in [0.29, 0.717) is 5.92 Å². The summed E-state index contributed by atoms with van der Waals surface area (Å²) in [4.78, 5) is 0. The summed E-state index contributed by atoms with van der Waals surface area (Å²) in [6.45, 7) is 1.00. The number of aryl methyl sites for hydroxylation is 2. The number of nitrogens with one attached hydrogen (secondary N) is 1. The molecule has 0 spiro atoms. The minimum atomic E-state index is 0.423. The van der Waals surface area contributed by atoms with Gasteiger partial charge in [0, 0.05) is 5.92 Å². The summed E-state index contributed by atoms with van der Waals surface area (Å²) in [5, 5.41) is 3.29. The van der Waals surface area contributed by atoms with E-state index in [2.05, 4.69) is 41.7 Å². The summed E-state index contributed by atoms with van der Waals surface area (Å²) in [5.41, 5.74) is 5.68. The highest BCUT2D eigenvalue weighted by Crippen LogP contribution is 2.38. The van der Waals surface area contributed by atoms with Crippen molar-refractivity contribution in [1.29, 1.82) is 0 Å². The van der Waals surface area contributed by atoms with E-state index in [1.165, 1.54) is 22.3 Å². The standard InChI is InChI=1S/C20H25NO2/c1-21-11-10-20-18-8-6-16(22-2)12-14(18)4-5-15-13-17(23-3)7-9-19(15)20/h6-9,12-13,20-21H,4-5,10-11H2,1-3H3. The SMILES string of the molecule is CNCCC1c2ccc(OC)cc2CCc2cc(OC)ccc21. The second-order valence-electron chi connectivity index (χ2n) is 6.07. The molecule has 0 fully saturated rings. The second kappa shape index (κ2) is 7.05. The van der Waals surface area contributed by atoms with E-state index in [1.54, 1.807) is 14.2 Å². The van der Waals surface area contributed by atoms with Gasteiger partial charge < -0.3 is 14.8 Å². The highest BCUT2D eigenvalue weighted by molar-refractivity contribution is 5.49. The topological polar surface area (TPSA) is 30.5 Å². The highest BCUT2D eigenvalue weighted by atomic mass is 16.5. The Hall–Kier alpha value is -2.00. The van der Waals surface area contributed by atoms with Gasteiger partial charge in [-0.1, -0.05) is 12.1 Å². The zero-order valence-corrected chi connectivity index (χ0v) is 14.2. The molecule has 122 valence electrons. The zero-order chi connectivity index (χ0) is 16.2. The van der Waals surface area contributed by atoms with Gasteiger partial charge in [-0.3, -0.25) is 0 Å². The maximum absolute atomic E-state index is 5.42. The third-order valence-corrected chi connectivity index (χ3v) is 4.80. The quantitative estimate of drug-likeness (QED) is 0.916. The molecule has 1 aliphatic carbocycles. The minimum Gasteiger partial charge on any atom is -0.497 e. The molecule has 2 aromatic carbocycles. The molecule has 0 bridgehead atoms. The van der Waals surface area contributed by atoms with Gasteiger partial charge in [-0.25, -0.2) is 0 Å². The van der Waals surface area contributed by atoms with E-state index in [9.17, 15) is 0 Å². The van der Waals surface area contributed by atoms with Gasteiger partial charge in [0.05, 0.1) is 14.2 Å². The number of methoxy groups -OCH3 is 2. The van der Waals surface area contributed by atoms with Crippen LogP contribution in [0.15, 0.2) is 36.4 Å². The molecule has 0 saturated heterocycles. The largest absolute Gasteiger partial charge is 0.497 e. The lowest BCUT2D eigenvalue weighted by atomic mass is 9.85. The number of rotatable bonds is 5. The molecule has 0 aromatic heterocycles. The molecule has 1 aliphatic rings. The van der Waals surface area contributed by atoms with Crippen LogP contribution in [0.3, 0.4) is 0 Å². The monoisotopic (exact) mass is 311 g/mol. The van der Waals surface area contributed by atoms with Crippen molar-refractivity contribution < 1.29 is 9.47 Å². The fourth-order valence-electron chi connectivity index (χ4n) is 3.57. The Morgan fingerprint density at radius 1 is 0.913 bits per heavy atom. The van der Waals surface area contributed by atoms with Crippen molar-refractivity contribution >= 4 is 0 Å². The fourth-order valence-corrected chi connectivity index (χ4v) is 3.57. The molecule has 0 atom stereocenters. The van der Waals surface area contributed by atoms with Crippen LogP contribution in [0.5, 0.6) is 11.5 Å². The molecule has 0 amide bonds. The molecule has 3 heteroatoms. The van der Waals surface area contributed by atoms with Gasteiger partial charge in [-0.2, -0.15) is 0 Å². The lowest BCUT2D eigenvalue weighted by Crippen LogP contribution is -2.14. The molecule has 1 N–H and O–H groups in total. The maximum Gasteiger partial charge on any atom is 0.119 e. The molecule has 2 aromatic rings. The van der Waals surface area contributed by atoms with Crippen LogP contribution >= 0.6 is 0 Å². The number of fused-ring (bicyclic) bond motifs is 2. The molecule has 0 saturated carbocycles. The summed E-state index contributed by atoms with van der Waals surface area (Å²) < 4.78 is 10.8. The van der Waals surface area contributed by atoms with Crippen molar-refractivity contribution in [3.05, 3.63) is 58.7 Å². The highest BCUT2D eigenvalue weighted by Gasteiger charge is 2.24. The average molecular weight is 311 g/mol. The first-order valence-corrected chi connectivity index (χ1v) is 8.25. The molecule has 3 nitrogen and oxygen atoms in total. The molecule has 0 aliphatic heterocycles. The summed E-state index contributed by atoms with van der Waals surface area (Å²) in [6, 6.07) is 13.1. The predicted molar refractivity (Wildman–Crippen MR) is 93.8 cm³/mol. The molecule has 0 heterocycles. The summed E-state index contributed by atoms with van der Waals surface area (Å²) in [5.74, 6) is 2.31. The first kappa shape index (κ1) is 15.9. The Morgan fingerprint density at radius 3 is 1.87 bits per heavy atom. The van der Waals surface area contributed by atoms with Crippen LogP contribution in [-0.2, 0) is 12.8 Å². The molecular formula is C20H25NO2. The van der Waals surface area contributed by atoms with Crippen molar-refractivity contribution in [3.63, 3.8) is 0 Å². The average Bonchev–Trinajstić information content (AvgIpc) is 2.75. The molecule has 0 radical (unpaired) electrons. The van der Waals surface area contributed by atoms with Gasteiger partial charge in [0.1, 0.15) is 11.5 Å². The van der Waals surface area contributed by atoms with E-state index in [1.807, 2.05) is 7.05 Å². The van der Waals surface area contributed by atoms with Crippen molar-refractivity contribution in [2.45, 2.75) is 25.2 Å². The smallest absolute Gasteiger partial charge is 0.119 e. The van der Waals surface area contributed by atoms with Crippen LogP contribution < -0.4 is 14.8 Å². The Balaban J connectivity index is 2.07. The van der Waals surface area contributed by atoms with E-state index < -0.39 is 0 Å². The first-order chi connectivity index (χ1) is 11.3. The zero-order valence-electron chi connectivity index (χ0n) is 14.2. The van der Waals surface area contributed by atoms with Crippen molar-refractivity contribution in [1.82, 2.24) is 5.32 Å². The van der Waals surface area contributed by atoms with Gasteiger partial charge in [0.25, 0.3) is 0 Å². The first-order valence-electron chi connectivity index (χ1n) is 8.25. The van der Waals surface area contributed by atoms with E-state index >= 15 is 0 Å². The lowest BCUT2D eigenvalue weighted by Gasteiger charge is -2.21. The third-order valence-electron chi connectivity index (χ3n) is 4.80. The van der Waals surface area contributed by atoms with Gasteiger partial charge >= 0.3 is 0 Å². The van der Waals surface area contributed by atoms with E-state index in [-0.39, 0.29) is 0 Å². The van der Waals surface area contributed by atoms with Crippen LogP contribution in [0, 0.1) is 0 Å². The fraction of sp³-hybridized carbons (Fsp3) is 0.400. The number of hydrogen-bond acceptors (Lipinski definition) is 3. The van der Waals surface area contributed by atoms with Crippen LogP contribution in [-0.4, -0.2) is 27.8 Å². The van der Waals surface area contributed by atoms with Gasteiger partial charge in [-0.15, -0.1) is 0 Å². The lowest BCUT2D eigenvalue weighted by molar-refractivity contribution is 0.414. The maximum atomic E-state index is 5.42. The summed E-state index contributed by atoms with van der Waals surface area (Å²) in [6.07, 6.45) is 3.18.